The Hall–Kier alpha value is -6.66. The van der Waals surface area contributed by atoms with Gasteiger partial charge in [0, 0.05) is 53.5 Å². The van der Waals surface area contributed by atoms with E-state index >= 15 is 0 Å². The largest absolute Gasteiger partial charge is 0.300 e. The average Bonchev–Trinajstić information content (AvgIpc) is 4.06. The van der Waals surface area contributed by atoms with Crippen molar-refractivity contribution < 1.29 is 8.97 Å². The van der Waals surface area contributed by atoms with Gasteiger partial charge in [0.25, 0.3) is 0 Å². The predicted octanol–water partition coefficient (Wildman–Crippen LogP) is 16.7. The highest BCUT2D eigenvalue weighted by atomic mass is 32.1. The molecule has 7 aromatic carbocycles. The van der Waals surface area contributed by atoms with E-state index < -0.39 is 8.07 Å². The number of para-hydroxylation sites is 2. The van der Waals surface area contributed by atoms with E-state index in [9.17, 15) is 0 Å². The van der Waals surface area contributed by atoms with Crippen LogP contribution in [0.15, 0.2) is 158 Å². The lowest BCUT2D eigenvalue weighted by Crippen LogP contribution is -2.53. The van der Waals surface area contributed by atoms with Gasteiger partial charge in [0.2, 0.25) is 5.69 Å². The van der Waals surface area contributed by atoms with Crippen LogP contribution in [0.5, 0.6) is 0 Å². The Morgan fingerprint density at radius 2 is 1.31 bits per heavy atom. The molecule has 2 unspecified atom stereocenters. The number of hydrogen-bond donors (Lipinski definition) is 0. The second kappa shape index (κ2) is 16.7. The Kier molecular flexibility index (Phi) is 10.5. The minimum absolute atomic E-state index is 0.150. The highest BCUT2D eigenvalue weighted by Gasteiger charge is 2.52. The van der Waals surface area contributed by atoms with Gasteiger partial charge in [0.05, 0.1) is 31.4 Å². The van der Waals surface area contributed by atoms with Gasteiger partial charge in [-0.2, -0.15) is 13.5 Å². The monoisotopic (exact) mass is 971 g/mol. The average molecular weight is 972 g/mol. The highest BCUT2D eigenvalue weighted by molar-refractivity contribution is 7.26. The number of hydrogen-bond acceptors (Lipinski definition) is 1. The summed E-state index contributed by atoms with van der Waals surface area (Å²) in [7, 11) is -1.78. The van der Waals surface area contributed by atoms with Gasteiger partial charge < -0.3 is 0 Å². The van der Waals surface area contributed by atoms with E-state index in [0.717, 1.165) is 12.8 Å². The molecule has 13 rings (SSSR count). The molecular formula is C67H65N3SSi+2. The Bertz CT molecular complexity index is 3990. The molecule has 0 amide bonds. The topological polar surface area (TPSA) is 12.9 Å². The van der Waals surface area contributed by atoms with Crippen LogP contribution in [0.25, 0.3) is 86.8 Å². The quantitative estimate of drug-likeness (QED) is 0.106. The molecule has 0 bridgehead atoms. The van der Waals surface area contributed by atoms with Gasteiger partial charge in [-0.3, -0.25) is 0 Å². The van der Waals surface area contributed by atoms with Crippen molar-refractivity contribution in [3.05, 3.63) is 197 Å². The Labute approximate surface area is 430 Å². The van der Waals surface area contributed by atoms with E-state index in [-0.39, 0.29) is 23.8 Å². The molecule has 0 radical (unpaired) electrons. The molecule has 0 saturated heterocycles. The van der Waals surface area contributed by atoms with Crippen LogP contribution >= 0.6 is 11.3 Å². The van der Waals surface area contributed by atoms with Gasteiger partial charge in [-0.1, -0.05) is 164 Å². The first kappa shape index (κ1) is 45.2. The maximum atomic E-state index is 2.79. The van der Waals surface area contributed by atoms with E-state index in [1.807, 2.05) is 11.3 Å². The summed E-state index contributed by atoms with van der Waals surface area (Å²) < 4.78 is 11.0. The normalized spacial score (nSPS) is 15.5. The van der Waals surface area contributed by atoms with Crippen molar-refractivity contribution >= 4 is 72.2 Å². The van der Waals surface area contributed by atoms with Crippen LogP contribution in [0.1, 0.15) is 104 Å². The second-order valence-corrected chi connectivity index (χ2v) is 29.3. The van der Waals surface area contributed by atoms with Crippen LogP contribution < -0.4 is 14.2 Å². The zero-order valence-corrected chi connectivity index (χ0v) is 45.4. The number of pyridine rings is 2. The molecule has 11 aromatic rings. The van der Waals surface area contributed by atoms with E-state index in [2.05, 4.69) is 239 Å². The van der Waals surface area contributed by atoms with E-state index in [4.69, 9.17) is 0 Å². The van der Waals surface area contributed by atoms with Crippen LogP contribution in [-0.2, 0) is 12.8 Å². The second-order valence-electron chi connectivity index (χ2n) is 23.2. The number of aromatic nitrogens is 3. The van der Waals surface area contributed by atoms with Crippen LogP contribution in [0.2, 0.25) is 19.6 Å². The number of imidazole rings is 1. The molecule has 2 aliphatic rings. The fourth-order valence-corrected chi connectivity index (χ4v) is 16.1. The third-order valence-corrected chi connectivity index (χ3v) is 19.8. The summed E-state index contributed by atoms with van der Waals surface area (Å²) in [4.78, 5) is 0. The molecule has 3 nitrogen and oxygen atoms in total. The molecule has 0 saturated carbocycles. The number of fused-ring (bicyclic) bond motifs is 18. The molecule has 0 fully saturated rings. The molecular weight excluding hydrogens is 907 g/mol. The summed E-state index contributed by atoms with van der Waals surface area (Å²) in [5.74, 6) is 1.28. The highest BCUT2D eigenvalue weighted by Crippen LogP contribution is 2.54. The van der Waals surface area contributed by atoms with E-state index in [0.29, 0.717) is 5.92 Å². The van der Waals surface area contributed by atoms with Gasteiger partial charge >= 0.3 is 5.65 Å². The van der Waals surface area contributed by atoms with Gasteiger partial charge in [0.15, 0.2) is 23.3 Å². The summed E-state index contributed by atoms with van der Waals surface area (Å²) >= 11 is 1.97. The summed E-state index contributed by atoms with van der Waals surface area (Å²) in [6.45, 7) is 24.4. The third kappa shape index (κ3) is 6.79. The standard InChI is InChI=1S/C67H65N3SSi/c1-39(2)31-47-35-57-52-32-45(43-21-13-11-14-22-43)29-30-49(52)63-58(68(57)38-61(47)72(8,9)10)37-59-64(63)62-42(7)66-53(48-25-17-20-28-60(48)71-66)36-54(62)67-69(59)55-26-18-19-27-56(55)70(67)65-50(40(3)4)33-46(34-51(65)41(5)6)44-23-15-12-16-24-44/h11-30,32-36,38-41,58,63H,31,37H2,1-10H3/q+2. The van der Waals surface area contributed by atoms with Gasteiger partial charge in [0.1, 0.15) is 11.4 Å². The number of nitrogens with zero attached hydrogens (tertiary/aromatic N) is 3. The van der Waals surface area contributed by atoms with Gasteiger partial charge in [-0.15, -0.1) is 11.3 Å². The summed E-state index contributed by atoms with van der Waals surface area (Å²) in [5.41, 5.74) is 23.1. The van der Waals surface area contributed by atoms with Crippen LogP contribution in [0.3, 0.4) is 0 Å². The Morgan fingerprint density at radius 3 is 1.99 bits per heavy atom. The third-order valence-electron chi connectivity index (χ3n) is 16.4. The lowest BCUT2D eigenvalue weighted by atomic mass is 9.79. The first-order valence-electron chi connectivity index (χ1n) is 26.5. The molecule has 356 valence electrons. The zero-order chi connectivity index (χ0) is 49.5. The van der Waals surface area contributed by atoms with Gasteiger partial charge in [-0.25, -0.2) is 0 Å². The first-order valence-corrected chi connectivity index (χ1v) is 30.8. The lowest BCUT2D eigenvalue weighted by molar-refractivity contribution is -0.715. The fraction of sp³-hybridized carbons (Fsp3) is 0.254. The Balaban J connectivity index is 1.21. The van der Waals surface area contributed by atoms with Crippen molar-refractivity contribution in [3.8, 4) is 39.2 Å². The van der Waals surface area contributed by atoms with Crippen LogP contribution in [0, 0.1) is 12.8 Å². The molecule has 2 atom stereocenters. The summed E-state index contributed by atoms with van der Waals surface area (Å²) in [5, 5.41) is 7.07. The minimum atomic E-state index is -1.78. The van der Waals surface area contributed by atoms with Crippen molar-refractivity contribution in [2.24, 2.45) is 5.92 Å². The SMILES string of the molecule is Cc1c2sc3ccccc3c2cc2c1c1c([n+]3c4ccccc4n(-c4c(C(C)C)cc(-c5ccccc5)cc4C(C)C)c23)CC2C1c1ccc(-c3ccccc3)cc1-c1cc(CC(C)C)c([Si](C)(C)C)c[n+]12. The first-order chi connectivity index (χ1) is 34.8. The van der Waals surface area contributed by atoms with Crippen molar-refractivity contribution in [2.45, 2.75) is 105 Å². The predicted molar refractivity (Wildman–Crippen MR) is 309 cm³/mol. The van der Waals surface area contributed by atoms with Crippen molar-refractivity contribution in [1.82, 2.24) is 4.57 Å². The fourth-order valence-electron chi connectivity index (χ4n) is 13.2. The summed E-state index contributed by atoms with van der Waals surface area (Å²) in [6, 6.07) is 58.4. The molecule has 1 aliphatic heterocycles. The van der Waals surface area contributed by atoms with E-state index in [1.165, 1.54) is 126 Å². The van der Waals surface area contributed by atoms with E-state index in [1.54, 1.807) is 5.19 Å². The summed E-state index contributed by atoms with van der Waals surface area (Å²) in [6.07, 6.45) is 4.69. The number of rotatable bonds is 8. The minimum Gasteiger partial charge on any atom is -0.194 e. The molecule has 0 N–H and O–H groups in total. The Morgan fingerprint density at radius 1 is 0.653 bits per heavy atom. The lowest BCUT2D eigenvalue weighted by Gasteiger charge is -2.30. The molecule has 5 heterocycles. The molecule has 4 aromatic heterocycles. The number of aryl methyl sites for hydroxylation is 1. The van der Waals surface area contributed by atoms with Crippen LogP contribution in [-0.4, -0.2) is 12.6 Å². The molecule has 72 heavy (non-hydrogen) atoms. The van der Waals surface area contributed by atoms with Crippen molar-refractivity contribution in [3.63, 3.8) is 0 Å². The number of benzene rings is 7. The maximum Gasteiger partial charge on any atom is 0.300 e. The van der Waals surface area contributed by atoms with Gasteiger partial charge in [-0.05, 0) is 113 Å². The number of thiophene rings is 1. The maximum absolute atomic E-state index is 2.79. The smallest absolute Gasteiger partial charge is 0.194 e. The van der Waals surface area contributed by atoms with Crippen LogP contribution in [0.4, 0.5) is 0 Å². The molecule has 5 heteroatoms. The molecule has 1 aliphatic carbocycles. The molecule has 0 spiro atoms. The van der Waals surface area contributed by atoms with Crippen molar-refractivity contribution in [1.29, 1.82) is 0 Å². The van der Waals surface area contributed by atoms with Crippen molar-refractivity contribution in [2.75, 3.05) is 0 Å². The zero-order valence-electron chi connectivity index (χ0n) is 43.6.